The molecule has 0 amide bonds. The highest BCUT2D eigenvalue weighted by atomic mass is 16.3. The van der Waals surface area contributed by atoms with E-state index in [0.717, 1.165) is 12.8 Å². The highest BCUT2D eigenvalue weighted by Gasteiger charge is 2.06. The molecule has 2 nitrogen and oxygen atoms in total. The monoisotopic (exact) mass is 144 g/mol. The molecule has 0 N–H and O–H groups in total. The molecule has 2 heteroatoms. The topological polar surface area (TPSA) is 46.1 Å². The van der Waals surface area contributed by atoms with Crippen LogP contribution < -0.4 is 10.2 Å². The first-order valence-electron chi connectivity index (χ1n) is 3.97. The Labute approximate surface area is 62.9 Å². The lowest BCUT2D eigenvalue weighted by Gasteiger charge is -2.43. The molecule has 0 aliphatic rings. The maximum absolute atomic E-state index is 11.3. The van der Waals surface area contributed by atoms with E-state index in [1.165, 1.54) is 0 Å². The molecule has 62 valence electrons. The minimum atomic E-state index is -1.17. The summed E-state index contributed by atoms with van der Waals surface area (Å²) in [7, 11) is 0. The predicted molar refractivity (Wildman–Crippen MR) is 37.4 cm³/mol. The Hall–Kier alpha value is -0.0800. The summed E-state index contributed by atoms with van der Waals surface area (Å²) in [6, 6.07) is 0. The summed E-state index contributed by atoms with van der Waals surface area (Å²) >= 11 is 0. The lowest BCUT2D eigenvalue weighted by molar-refractivity contribution is -0.542. The third kappa shape index (κ3) is 3.18. The number of hydrogen-bond acceptors (Lipinski definition) is 2. The second kappa shape index (κ2) is 4.69. The van der Waals surface area contributed by atoms with Gasteiger partial charge in [0.25, 0.3) is 0 Å². The van der Waals surface area contributed by atoms with Gasteiger partial charge in [0.1, 0.15) is 0 Å². The maximum Gasteiger partial charge on any atom is -0.0544 e. The van der Waals surface area contributed by atoms with Gasteiger partial charge < -0.3 is 10.2 Å². The van der Waals surface area contributed by atoms with E-state index in [1.54, 1.807) is 6.92 Å². The van der Waals surface area contributed by atoms with Gasteiger partial charge in [0, 0.05) is 0 Å². The van der Waals surface area contributed by atoms with Gasteiger partial charge in [0.15, 0.2) is 0 Å². The first-order chi connectivity index (χ1) is 4.68. The molecular weight excluding hydrogens is 128 g/mol. The van der Waals surface area contributed by atoms with Gasteiger partial charge in [-0.2, -0.15) is 0 Å². The summed E-state index contributed by atoms with van der Waals surface area (Å²) in [5, 5.41) is 21.7. The molecule has 0 fully saturated rings. The smallest absolute Gasteiger partial charge is 0.0544 e. The highest BCUT2D eigenvalue weighted by Crippen LogP contribution is 2.12. The van der Waals surface area contributed by atoms with Crippen LogP contribution in [0.25, 0.3) is 0 Å². The zero-order valence-electron chi connectivity index (χ0n) is 6.85. The molecule has 0 rings (SSSR count). The molecule has 0 bridgehead atoms. The quantitative estimate of drug-likeness (QED) is 0.547. The number of hydrogen-bond donors (Lipinski definition) is 0. The molecule has 0 saturated carbocycles. The van der Waals surface area contributed by atoms with Gasteiger partial charge in [-0.3, -0.25) is 0 Å². The van der Waals surface area contributed by atoms with E-state index in [2.05, 4.69) is 0 Å². The highest BCUT2D eigenvalue weighted by molar-refractivity contribution is 4.72. The zero-order valence-corrected chi connectivity index (χ0v) is 6.85. The van der Waals surface area contributed by atoms with E-state index < -0.39 is 12.2 Å². The van der Waals surface area contributed by atoms with Crippen molar-refractivity contribution < 1.29 is 10.2 Å². The average molecular weight is 144 g/mol. The van der Waals surface area contributed by atoms with Crippen molar-refractivity contribution in [3.05, 3.63) is 0 Å². The fourth-order valence-electron chi connectivity index (χ4n) is 0.850. The fourth-order valence-corrected chi connectivity index (χ4v) is 0.850. The van der Waals surface area contributed by atoms with Crippen molar-refractivity contribution in [1.82, 2.24) is 0 Å². The maximum atomic E-state index is 11.3. The number of unbranched alkanes of at least 4 members (excludes halogenated alkanes) is 1. The third-order valence-corrected chi connectivity index (χ3v) is 1.89. The molecule has 1 unspecified atom stereocenters. The Balaban J connectivity index is 3.58. The van der Waals surface area contributed by atoms with Crippen LogP contribution in [0.3, 0.4) is 0 Å². The lowest BCUT2D eigenvalue weighted by Crippen LogP contribution is -2.51. The molecule has 0 radical (unpaired) electrons. The first-order valence-corrected chi connectivity index (χ1v) is 3.97. The van der Waals surface area contributed by atoms with Crippen LogP contribution >= 0.6 is 0 Å². The normalized spacial score (nSPS) is 16.8. The largest absolute Gasteiger partial charge is 0.855 e. The van der Waals surface area contributed by atoms with Crippen LogP contribution in [0.2, 0.25) is 0 Å². The minimum Gasteiger partial charge on any atom is -0.855 e. The lowest BCUT2D eigenvalue weighted by atomic mass is 9.95. The first kappa shape index (κ1) is 9.92. The Morgan fingerprint density at radius 2 is 1.90 bits per heavy atom. The minimum absolute atomic E-state index is 0.469. The SMILES string of the molecule is CCCCC([O-])(CC)C[O-]. The Morgan fingerprint density at radius 3 is 2.20 bits per heavy atom. The molecule has 0 heterocycles. The van der Waals surface area contributed by atoms with Crippen LogP contribution in [0.5, 0.6) is 0 Å². The van der Waals surface area contributed by atoms with E-state index in [1.807, 2.05) is 6.92 Å². The summed E-state index contributed by atoms with van der Waals surface area (Å²) in [6.07, 6.45) is 2.91. The fraction of sp³-hybridized carbons (Fsp3) is 1.00. The van der Waals surface area contributed by atoms with Gasteiger partial charge in [-0.25, -0.2) is 0 Å². The van der Waals surface area contributed by atoms with Gasteiger partial charge in [-0.15, -0.1) is 12.2 Å². The summed E-state index contributed by atoms with van der Waals surface area (Å²) in [5.74, 6) is 0. The summed E-state index contributed by atoms with van der Waals surface area (Å²) < 4.78 is 0. The predicted octanol–water partition coefficient (Wildman–Crippen LogP) is 0.0460. The van der Waals surface area contributed by atoms with Crippen molar-refractivity contribution in [2.24, 2.45) is 0 Å². The molecule has 0 saturated heterocycles. The Kier molecular flexibility index (Phi) is 4.65. The van der Waals surface area contributed by atoms with Gasteiger partial charge >= 0.3 is 0 Å². The van der Waals surface area contributed by atoms with E-state index in [0.29, 0.717) is 12.8 Å². The van der Waals surface area contributed by atoms with E-state index in [-0.39, 0.29) is 0 Å². The van der Waals surface area contributed by atoms with E-state index in [4.69, 9.17) is 0 Å². The van der Waals surface area contributed by atoms with Crippen LogP contribution in [0, 0.1) is 0 Å². The molecule has 0 aromatic rings. The second-order valence-electron chi connectivity index (χ2n) is 2.78. The van der Waals surface area contributed by atoms with Crippen molar-refractivity contribution in [2.45, 2.75) is 45.1 Å². The molecule has 1 atom stereocenters. The van der Waals surface area contributed by atoms with Crippen LogP contribution in [0.15, 0.2) is 0 Å². The molecule has 10 heavy (non-hydrogen) atoms. The molecule has 0 spiro atoms. The van der Waals surface area contributed by atoms with E-state index in [9.17, 15) is 10.2 Å². The summed E-state index contributed by atoms with van der Waals surface area (Å²) in [4.78, 5) is 0. The van der Waals surface area contributed by atoms with Crippen LogP contribution in [0.4, 0.5) is 0 Å². The van der Waals surface area contributed by atoms with E-state index >= 15 is 0 Å². The molecule has 0 aromatic heterocycles. The molecular formula is C8H16O2-2. The Morgan fingerprint density at radius 1 is 1.30 bits per heavy atom. The second-order valence-corrected chi connectivity index (χ2v) is 2.78. The van der Waals surface area contributed by atoms with Crippen LogP contribution in [-0.2, 0) is 0 Å². The van der Waals surface area contributed by atoms with Gasteiger partial charge in [0.05, 0.1) is 0 Å². The molecule has 0 aromatic carbocycles. The molecule has 0 aliphatic carbocycles. The summed E-state index contributed by atoms with van der Waals surface area (Å²) in [5.41, 5.74) is -1.17. The number of rotatable bonds is 5. The van der Waals surface area contributed by atoms with Crippen molar-refractivity contribution in [3.8, 4) is 0 Å². The standard InChI is InChI=1S/C8H16O2/c1-3-5-6-8(10,4-2)7-9/h3-7H2,1-2H3/q-2. The van der Waals surface area contributed by atoms with Crippen LogP contribution in [0.1, 0.15) is 39.5 Å². The van der Waals surface area contributed by atoms with Crippen molar-refractivity contribution in [2.75, 3.05) is 6.61 Å². The van der Waals surface area contributed by atoms with Crippen LogP contribution in [-0.4, -0.2) is 12.2 Å². The van der Waals surface area contributed by atoms with Crippen molar-refractivity contribution >= 4 is 0 Å². The Bertz CT molecular complexity index is 77.3. The van der Waals surface area contributed by atoms with Crippen molar-refractivity contribution in [3.63, 3.8) is 0 Å². The van der Waals surface area contributed by atoms with Gasteiger partial charge in [-0.05, 0) is 0 Å². The summed E-state index contributed by atoms with van der Waals surface area (Å²) in [6.45, 7) is 3.35. The van der Waals surface area contributed by atoms with Gasteiger partial charge in [0.2, 0.25) is 0 Å². The van der Waals surface area contributed by atoms with Gasteiger partial charge in [-0.1, -0.05) is 39.5 Å². The molecule has 0 aliphatic heterocycles. The average Bonchev–Trinajstić information content (AvgIpc) is 2.00. The third-order valence-electron chi connectivity index (χ3n) is 1.89. The zero-order chi connectivity index (χ0) is 8.04. The van der Waals surface area contributed by atoms with Crippen molar-refractivity contribution in [1.29, 1.82) is 0 Å².